The Morgan fingerprint density at radius 1 is 1.05 bits per heavy atom. The number of aliphatic hydroxyl groups is 1. The average molecular weight is 550 g/mol. The number of rotatable bonds is 8. The van der Waals surface area contributed by atoms with Gasteiger partial charge in [0.25, 0.3) is 0 Å². The number of fused-ring (bicyclic) bond motifs is 4. The monoisotopic (exact) mass is 549 g/mol. The molecule has 1 saturated carbocycles. The predicted molar refractivity (Wildman–Crippen MR) is 143 cm³/mol. The van der Waals surface area contributed by atoms with E-state index in [0.717, 1.165) is 11.1 Å². The summed E-state index contributed by atoms with van der Waals surface area (Å²) in [6, 6.07) is 7.29. The van der Waals surface area contributed by atoms with Gasteiger partial charge in [0.15, 0.2) is 11.6 Å². The number of likely N-dealkylation sites (tertiary alicyclic amines) is 1. The Morgan fingerprint density at radius 3 is 2.40 bits per heavy atom. The molecule has 4 aliphatic rings. The van der Waals surface area contributed by atoms with E-state index < -0.39 is 41.0 Å². The third-order valence-corrected chi connectivity index (χ3v) is 9.61. The third kappa shape index (κ3) is 4.22. The molecule has 5 rings (SSSR count). The van der Waals surface area contributed by atoms with Crippen molar-refractivity contribution >= 4 is 29.4 Å². The SMILES string of the molecule is CC1=C(C)C(=O)[C@@]2(C)[C@@H](c3ccc(OCCO)cc3)C3=CC[C@@H]4C(=O)N(CCCC(=O)O)C(=O)[C@@H]4[C@@H]3C[C@H]2C1=O. The van der Waals surface area contributed by atoms with Gasteiger partial charge in [0.05, 0.1) is 23.9 Å². The van der Waals surface area contributed by atoms with Crippen molar-refractivity contribution in [2.45, 2.75) is 52.4 Å². The number of amides is 2. The average Bonchev–Trinajstić information content (AvgIpc) is 3.18. The molecule has 0 unspecified atom stereocenters. The number of nitrogens with zero attached hydrogens (tertiary/aromatic N) is 1. The van der Waals surface area contributed by atoms with Gasteiger partial charge in [0.1, 0.15) is 12.4 Å². The normalized spacial score (nSPS) is 31.6. The molecule has 6 atom stereocenters. The number of hydrogen-bond donors (Lipinski definition) is 2. The molecule has 3 aliphatic carbocycles. The molecule has 9 heteroatoms. The fourth-order valence-electron chi connectivity index (χ4n) is 7.55. The largest absolute Gasteiger partial charge is 0.491 e. The van der Waals surface area contributed by atoms with Crippen molar-refractivity contribution in [3.05, 3.63) is 52.6 Å². The molecule has 0 spiro atoms. The minimum absolute atomic E-state index is 0.0529. The number of imide groups is 1. The fraction of sp³-hybridized carbons (Fsp3) is 0.516. The lowest BCUT2D eigenvalue weighted by atomic mass is 9.46. The summed E-state index contributed by atoms with van der Waals surface area (Å²) in [4.78, 5) is 67.0. The summed E-state index contributed by atoms with van der Waals surface area (Å²) in [5, 5.41) is 18.1. The summed E-state index contributed by atoms with van der Waals surface area (Å²) >= 11 is 0. The molecule has 40 heavy (non-hydrogen) atoms. The molecule has 212 valence electrons. The molecule has 1 heterocycles. The molecule has 9 nitrogen and oxygen atoms in total. The van der Waals surface area contributed by atoms with Crippen LogP contribution in [0.5, 0.6) is 5.75 Å². The first-order valence-electron chi connectivity index (χ1n) is 13.9. The maximum atomic E-state index is 14.0. The first-order chi connectivity index (χ1) is 19.0. The van der Waals surface area contributed by atoms with Crippen LogP contribution in [0.3, 0.4) is 0 Å². The van der Waals surface area contributed by atoms with Crippen LogP contribution in [0, 0.1) is 29.1 Å². The lowest BCUT2D eigenvalue weighted by Crippen LogP contribution is -2.55. The topological polar surface area (TPSA) is 138 Å². The van der Waals surface area contributed by atoms with E-state index in [9.17, 15) is 24.0 Å². The zero-order valence-electron chi connectivity index (χ0n) is 23.0. The van der Waals surface area contributed by atoms with Crippen molar-refractivity contribution in [1.82, 2.24) is 4.90 Å². The Labute approximate surface area is 232 Å². The molecule has 0 aromatic heterocycles. The molecule has 1 aliphatic heterocycles. The Morgan fingerprint density at radius 2 is 1.75 bits per heavy atom. The summed E-state index contributed by atoms with van der Waals surface area (Å²) in [7, 11) is 0. The van der Waals surface area contributed by atoms with Crippen LogP contribution in [0.15, 0.2) is 47.1 Å². The van der Waals surface area contributed by atoms with Crippen molar-refractivity contribution in [3.63, 3.8) is 0 Å². The Hall–Kier alpha value is -3.59. The van der Waals surface area contributed by atoms with Gasteiger partial charge in [-0.1, -0.05) is 30.7 Å². The maximum Gasteiger partial charge on any atom is 0.303 e. The van der Waals surface area contributed by atoms with Gasteiger partial charge < -0.3 is 14.9 Å². The maximum absolute atomic E-state index is 14.0. The predicted octanol–water partition coefficient (Wildman–Crippen LogP) is 3.07. The highest BCUT2D eigenvalue weighted by Gasteiger charge is 2.63. The van der Waals surface area contributed by atoms with Gasteiger partial charge in [0, 0.05) is 24.8 Å². The molecular weight excluding hydrogens is 514 g/mol. The molecule has 0 bridgehead atoms. The highest BCUT2D eigenvalue weighted by atomic mass is 16.5. The zero-order chi connectivity index (χ0) is 28.9. The molecule has 0 radical (unpaired) electrons. The number of carbonyl (C=O) groups is 5. The zero-order valence-corrected chi connectivity index (χ0v) is 23.0. The van der Waals surface area contributed by atoms with Crippen molar-refractivity contribution < 1.29 is 38.9 Å². The van der Waals surface area contributed by atoms with Crippen molar-refractivity contribution in [2.24, 2.45) is 29.1 Å². The van der Waals surface area contributed by atoms with E-state index in [1.165, 1.54) is 4.90 Å². The van der Waals surface area contributed by atoms with Crippen LogP contribution in [0.2, 0.25) is 0 Å². The Kier molecular flexibility index (Phi) is 7.29. The van der Waals surface area contributed by atoms with Gasteiger partial charge in [-0.25, -0.2) is 0 Å². The Balaban J connectivity index is 1.57. The summed E-state index contributed by atoms with van der Waals surface area (Å²) < 4.78 is 5.53. The van der Waals surface area contributed by atoms with Crippen LogP contribution in [0.1, 0.15) is 57.9 Å². The summed E-state index contributed by atoms with van der Waals surface area (Å²) in [6.07, 6.45) is 2.69. The van der Waals surface area contributed by atoms with E-state index in [1.54, 1.807) is 26.0 Å². The minimum atomic E-state index is -1.06. The second-order valence-corrected chi connectivity index (χ2v) is 11.6. The highest BCUT2D eigenvalue weighted by Crippen LogP contribution is 2.63. The van der Waals surface area contributed by atoms with Crippen LogP contribution >= 0.6 is 0 Å². The molecule has 1 aromatic rings. The lowest BCUT2D eigenvalue weighted by molar-refractivity contribution is -0.143. The molecule has 1 aromatic carbocycles. The molecule has 2 amide bonds. The van der Waals surface area contributed by atoms with Crippen LogP contribution < -0.4 is 4.74 Å². The van der Waals surface area contributed by atoms with Crippen LogP contribution in [-0.4, -0.2) is 64.2 Å². The van der Waals surface area contributed by atoms with E-state index in [0.29, 0.717) is 29.7 Å². The first kappa shape index (κ1) is 28.0. The quantitative estimate of drug-likeness (QED) is 0.373. The number of ketones is 2. The number of Topliss-reactive ketones (excluding diaryl/α,β-unsaturated/α-hetero) is 2. The van der Waals surface area contributed by atoms with E-state index in [-0.39, 0.29) is 56.0 Å². The number of benzene rings is 1. The van der Waals surface area contributed by atoms with Crippen LogP contribution in [0.4, 0.5) is 0 Å². The molecule has 2 fully saturated rings. The second kappa shape index (κ2) is 10.4. The number of aliphatic hydroxyl groups excluding tert-OH is 1. The standard InChI is InChI=1S/C31H35NO8/c1-16-17(2)28(37)31(3)23(27(16)36)15-22-20(26(31)18-6-8-19(9-7-18)40-14-13-33)10-11-21-25(22)30(39)32(29(21)38)12-4-5-24(34)35/h6-10,21-23,25-26,33H,4-5,11-15H2,1-3H3,(H,34,35)/t21-,22+,23-,25-,26-,31+/m0/s1. The third-order valence-electron chi connectivity index (χ3n) is 9.61. The number of allylic oxidation sites excluding steroid dienone is 4. The van der Waals surface area contributed by atoms with Crippen LogP contribution in [-0.2, 0) is 24.0 Å². The highest BCUT2D eigenvalue weighted by molar-refractivity contribution is 6.16. The van der Waals surface area contributed by atoms with Crippen LogP contribution in [0.25, 0.3) is 0 Å². The minimum Gasteiger partial charge on any atom is -0.491 e. The van der Waals surface area contributed by atoms with Gasteiger partial charge in [-0.05, 0) is 67.9 Å². The first-order valence-corrected chi connectivity index (χ1v) is 13.9. The van der Waals surface area contributed by atoms with E-state index in [4.69, 9.17) is 14.9 Å². The van der Waals surface area contributed by atoms with Gasteiger partial charge in [-0.2, -0.15) is 0 Å². The number of carboxylic acids is 1. The van der Waals surface area contributed by atoms with Gasteiger partial charge in [0.2, 0.25) is 11.8 Å². The number of aliphatic carboxylic acids is 1. The summed E-state index contributed by atoms with van der Waals surface area (Å²) in [5.74, 6) is -3.92. The van der Waals surface area contributed by atoms with Gasteiger partial charge >= 0.3 is 5.97 Å². The lowest BCUT2D eigenvalue weighted by Gasteiger charge is -2.54. The molecule has 1 saturated heterocycles. The smallest absolute Gasteiger partial charge is 0.303 e. The van der Waals surface area contributed by atoms with Crippen molar-refractivity contribution in [1.29, 1.82) is 0 Å². The van der Waals surface area contributed by atoms with Gasteiger partial charge in [-0.15, -0.1) is 0 Å². The van der Waals surface area contributed by atoms with Gasteiger partial charge in [-0.3, -0.25) is 28.9 Å². The Bertz CT molecular complexity index is 1340. The number of carboxylic acid groups (broad SMARTS) is 1. The molecular formula is C31H35NO8. The van der Waals surface area contributed by atoms with E-state index >= 15 is 0 Å². The van der Waals surface area contributed by atoms with E-state index in [2.05, 4.69) is 0 Å². The van der Waals surface area contributed by atoms with Crippen molar-refractivity contribution in [3.8, 4) is 5.75 Å². The number of ether oxygens (including phenoxy) is 1. The van der Waals surface area contributed by atoms with Crippen molar-refractivity contribution in [2.75, 3.05) is 19.8 Å². The number of hydrogen-bond acceptors (Lipinski definition) is 7. The number of carbonyl (C=O) groups excluding carboxylic acids is 4. The second-order valence-electron chi connectivity index (χ2n) is 11.6. The van der Waals surface area contributed by atoms with E-state index in [1.807, 2.05) is 25.1 Å². The fourth-order valence-corrected chi connectivity index (χ4v) is 7.55. The summed E-state index contributed by atoms with van der Waals surface area (Å²) in [5.41, 5.74) is 1.58. The summed E-state index contributed by atoms with van der Waals surface area (Å²) in [6.45, 7) is 5.32. The molecule has 2 N–H and O–H groups in total.